The quantitative estimate of drug-likeness (QED) is 0.694. The predicted octanol–water partition coefficient (Wildman–Crippen LogP) is 3.11. The van der Waals surface area contributed by atoms with E-state index in [1.807, 2.05) is 24.3 Å². The number of piperidine rings is 1. The number of nitrogens with one attached hydrogen (secondary N) is 2. The molecular weight excluding hydrogens is 392 g/mol. The first-order valence-electron chi connectivity index (χ1n) is 9.90. The zero-order valence-corrected chi connectivity index (χ0v) is 17.9. The summed E-state index contributed by atoms with van der Waals surface area (Å²) in [5.74, 6) is -0.0762. The van der Waals surface area contributed by atoms with Crippen LogP contribution >= 0.6 is 11.6 Å². The van der Waals surface area contributed by atoms with Gasteiger partial charge in [0, 0.05) is 41.8 Å². The van der Waals surface area contributed by atoms with Crippen LogP contribution in [0.5, 0.6) is 0 Å². The number of carbonyl (C=O) groups excluding carboxylic acids is 2. The molecule has 0 aliphatic carbocycles. The molecule has 1 aliphatic rings. The Hall–Kier alpha value is -2.25. The van der Waals surface area contributed by atoms with Crippen LogP contribution in [0.2, 0.25) is 5.02 Å². The summed E-state index contributed by atoms with van der Waals surface area (Å²) in [6, 6.07) is 7.37. The second-order valence-electron chi connectivity index (χ2n) is 8.42. The lowest BCUT2D eigenvalue weighted by Gasteiger charge is -2.38. The molecule has 7 nitrogen and oxygen atoms in total. The fourth-order valence-electron chi connectivity index (χ4n) is 3.70. The van der Waals surface area contributed by atoms with Crippen molar-refractivity contribution in [1.82, 2.24) is 20.1 Å². The summed E-state index contributed by atoms with van der Waals surface area (Å²) in [7, 11) is 1.76. The van der Waals surface area contributed by atoms with Crippen LogP contribution in [0.15, 0.2) is 24.3 Å². The average molecular weight is 421 g/mol. The Labute approximate surface area is 176 Å². The summed E-state index contributed by atoms with van der Waals surface area (Å²) < 4.78 is 0. The number of aromatic amines is 1. The third-order valence-electron chi connectivity index (χ3n) is 5.27. The molecule has 1 aromatic heterocycles. The van der Waals surface area contributed by atoms with Crippen molar-refractivity contribution < 1.29 is 14.7 Å². The first-order chi connectivity index (χ1) is 13.6. The first kappa shape index (κ1) is 21.5. The topological polar surface area (TPSA) is 88.7 Å². The van der Waals surface area contributed by atoms with Crippen LogP contribution in [-0.2, 0) is 11.3 Å². The van der Waals surface area contributed by atoms with Crippen molar-refractivity contribution in [2.24, 2.45) is 0 Å². The predicted molar refractivity (Wildman–Crippen MR) is 114 cm³/mol. The maximum atomic E-state index is 12.6. The van der Waals surface area contributed by atoms with E-state index in [1.165, 1.54) is 0 Å². The minimum absolute atomic E-state index is 0.0453. The normalized spacial score (nSPS) is 17.4. The number of rotatable bonds is 5. The van der Waals surface area contributed by atoms with Crippen molar-refractivity contribution in [3.8, 4) is 0 Å². The highest BCUT2D eigenvalue weighted by Crippen LogP contribution is 2.21. The van der Waals surface area contributed by atoms with E-state index in [-0.39, 0.29) is 24.4 Å². The number of H-pyrrole nitrogens is 1. The van der Waals surface area contributed by atoms with Crippen LogP contribution in [0, 0.1) is 0 Å². The Bertz CT molecular complexity index is 890. The summed E-state index contributed by atoms with van der Waals surface area (Å²) in [5, 5.41) is 14.5. The maximum Gasteiger partial charge on any atom is 0.317 e. The van der Waals surface area contributed by atoms with Crippen LogP contribution < -0.4 is 5.32 Å². The van der Waals surface area contributed by atoms with Gasteiger partial charge in [-0.1, -0.05) is 11.6 Å². The fraction of sp³-hybridized carbons (Fsp3) is 0.524. The number of carbonyl (C=O) groups is 2. The van der Waals surface area contributed by atoms with Gasteiger partial charge in [0.15, 0.2) is 0 Å². The molecule has 8 heteroatoms. The zero-order valence-electron chi connectivity index (χ0n) is 17.2. The van der Waals surface area contributed by atoms with E-state index >= 15 is 0 Å². The number of halogens is 1. The molecule has 3 N–H and O–H groups in total. The van der Waals surface area contributed by atoms with Gasteiger partial charge in [0.2, 0.25) is 5.91 Å². The average Bonchev–Trinajstić information content (AvgIpc) is 3.06. The summed E-state index contributed by atoms with van der Waals surface area (Å²) in [5.41, 5.74) is 0.840. The standard InChI is InChI=1S/C21H29ClN4O3/c1-21(2,29)11-19(27)26-8-4-5-17(13-26)25(3)20(28)23-12-16-10-14-9-15(22)6-7-18(14)24-16/h6-7,9-10,17,24,29H,4-5,8,11-13H2,1-3H3,(H,23,28). The molecule has 1 aliphatic heterocycles. The Morgan fingerprint density at radius 1 is 1.38 bits per heavy atom. The minimum Gasteiger partial charge on any atom is -0.390 e. The molecule has 29 heavy (non-hydrogen) atoms. The molecule has 2 heterocycles. The number of likely N-dealkylation sites (N-methyl/N-ethyl adjacent to an activating group) is 1. The molecule has 0 spiro atoms. The molecular formula is C21H29ClN4O3. The Morgan fingerprint density at radius 3 is 2.86 bits per heavy atom. The van der Waals surface area contributed by atoms with Crippen molar-refractivity contribution >= 4 is 34.4 Å². The van der Waals surface area contributed by atoms with Gasteiger partial charge in [-0.25, -0.2) is 4.79 Å². The van der Waals surface area contributed by atoms with E-state index in [0.717, 1.165) is 29.4 Å². The summed E-state index contributed by atoms with van der Waals surface area (Å²) in [4.78, 5) is 31.7. The number of urea groups is 1. The third-order valence-corrected chi connectivity index (χ3v) is 5.50. The van der Waals surface area contributed by atoms with Gasteiger partial charge in [0.1, 0.15) is 0 Å². The molecule has 1 aromatic carbocycles. The molecule has 3 rings (SSSR count). The minimum atomic E-state index is -1.03. The molecule has 158 valence electrons. The molecule has 1 atom stereocenters. The third kappa shape index (κ3) is 5.64. The number of amides is 3. The van der Waals surface area contributed by atoms with E-state index < -0.39 is 5.60 Å². The van der Waals surface area contributed by atoms with Gasteiger partial charge in [-0.3, -0.25) is 4.79 Å². The molecule has 0 saturated carbocycles. The van der Waals surface area contributed by atoms with Gasteiger partial charge in [0.25, 0.3) is 0 Å². The van der Waals surface area contributed by atoms with Gasteiger partial charge in [-0.15, -0.1) is 0 Å². The second-order valence-corrected chi connectivity index (χ2v) is 8.86. The van der Waals surface area contributed by atoms with E-state index in [1.54, 1.807) is 30.7 Å². The van der Waals surface area contributed by atoms with Gasteiger partial charge >= 0.3 is 6.03 Å². The molecule has 1 fully saturated rings. The number of fused-ring (bicyclic) bond motifs is 1. The molecule has 0 bridgehead atoms. The van der Waals surface area contributed by atoms with E-state index in [4.69, 9.17) is 11.6 Å². The van der Waals surface area contributed by atoms with E-state index in [2.05, 4.69) is 10.3 Å². The fourth-order valence-corrected chi connectivity index (χ4v) is 3.88. The van der Waals surface area contributed by atoms with Crippen LogP contribution in [0.3, 0.4) is 0 Å². The largest absolute Gasteiger partial charge is 0.390 e. The van der Waals surface area contributed by atoms with Crippen LogP contribution in [0.1, 0.15) is 38.8 Å². The molecule has 3 amide bonds. The first-order valence-corrected chi connectivity index (χ1v) is 10.3. The lowest BCUT2D eigenvalue weighted by atomic mass is 10.0. The lowest BCUT2D eigenvalue weighted by molar-refractivity contribution is -0.137. The number of likely N-dealkylation sites (tertiary alicyclic amines) is 1. The van der Waals surface area contributed by atoms with E-state index in [9.17, 15) is 14.7 Å². The summed E-state index contributed by atoms with van der Waals surface area (Å²) in [6.07, 6.45) is 1.77. The van der Waals surface area contributed by atoms with Crippen molar-refractivity contribution in [3.05, 3.63) is 35.0 Å². The van der Waals surface area contributed by atoms with Crippen LogP contribution in [0.25, 0.3) is 10.9 Å². The second kappa shape index (κ2) is 8.63. The highest BCUT2D eigenvalue weighted by Gasteiger charge is 2.30. The number of aromatic nitrogens is 1. The van der Waals surface area contributed by atoms with Gasteiger partial charge in [-0.2, -0.15) is 0 Å². The SMILES string of the molecule is CN(C(=O)NCc1cc2cc(Cl)ccc2[nH]1)C1CCCN(C(=O)CC(C)(C)O)C1. The molecule has 1 saturated heterocycles. The van der Waals surface area contributed by atoms with Crippen molar-refractivity contribution in [2.75, 3.05) is 20.1 Å². The van der Waals surface area contributed by atoms with Gasteiger partial charge in [0.05, 0.1) is 24.6 Å². The van der Waals surface area contributed by atoms with Crippen LogP contribution in [0.4, 0.5) is 4.79 Å². The van der Waals surface area contributed by atoms with Crippen molar-refractivity contribution in [1.29, 1.82) is 0 Å². The monoisotopic (exact) mass is 420 g/mol. The lowest BCUT2D eigenvalue weighted by Crippen LogP contribution is -2.53. The Kier molecular flexibility index (Phi) is 6.39. The van der Waals surface area contributed by atoms with Gasteiger partial charge < -0.3 is 25.2 Å². The zero-order chi connectivity index (χ0) is 21.2. The molecule has 0 radical (unpaired) electrons. The number of hydrogen-bond acceptors (Lipinski definition) is 3. The summed E-state index contributed by atoms with van der Waals surface area (Å²) >= 11 is 6.02. The molecule has 1 unspecified atom stereocenters. The Balaban J connectivity index is 1.55. The maximum absolute atomic E-state index is 12.6. The van der Waals surface area contributed by atoms with E-state index in [0.29, 0.717) is 24.7 Å². The highest BCUT2D eigenvalue weighted by atomic mass is 35.5. The van der Waals surface area contributed by atoms with Crippen molar-refractivity contribution in [3.63, 3.8) is 0 Å². The number of aliphatic hydroxyl groups is 1. The van der Waals surface area contributed by atoms with Crippen molar-refractivity contribution in [2.45, 2.75) is 51.3 Å². The smallest absolute Gasteiger partial charge is 0.317 e. The van der Waals surface area contributed by atoms with Gasteiger partial charge in [-0.05, 0) is 51.0 Å². The number of benzene rings is 1. The number of nitrogens with zero attached hydrogens (tertiary/aromatic N) is 2. The number of hydrogen-bond donors (Lipinski definition) is 3. The summed E-state index contributed by atoms with van der Waals surface area (Å²) in [6.45, 7) is 4.79. The highest BCUT2D eigenvalue weighted by molar-refractivity contribution is 6.31. The van der Waals surface area contributed by atoms with Crippen LogP contribution in [-0.4, -0.2) is 63.6 Å². The Morgan fingerprint density at radius 2 is 2.14 bits per heavy atom. The molecule has 2 aromatic rings.